The Morgan fingerprint density at radius 3 is 2.56 bits per heavy atom. The smallest absolute Gasteiger partial charge is 0.339 e. The lowest BCUT2D eigenvalue weighted by Gasteiger charge is -2.08. The fourth-order valence-corrected chi connectivity index (χ4v) is 1.70. The van der Waals surface area contributed by atoms with Gasteiger partial charge in [-0.3, -0.25) is 0 Å². The van der Waals surface area contributed by atoms with Crippen molar-refractivity contribution >= 4 is 39.2 Å². The summed E-state index contributed by atoms with van der Waals surface area (Å²) < 4.78 is 0.442. The first-order valence-corrected chi connectivity index (χ1v) is 5.66. The molecule has 0 aliphatic heterocycles. The van der Waals surface area contributed by atoms with Crippen LogP contribution in [0.15, 0.2) is 28.4 Å². The molecule has 90 valence electrons. The summed E-state index contributed by atoms with van der Waals surface area (Å²) >= 11 is 8.97. The maximum absolute atomic E-state index is 11.1. The molecule has 18 heavy (non-hydrogen) atoms. The Kier molecular flexibility index (Phi) is 4.73. The number of allylic oxidation sites excluding steroid dienone is 1. The van der Waals surface area contributed by atoms with Gasteiger partial charge >= 0.3 is 5.97 Å². The average Bonchev–Trinajstić information content (AvgIpc) is 2.34. The number of halogens is 2. The molecule has 0 spiro atoms. The number of anilines is 1. The Morgan fingerprint density at radius 2 is 2.06 bits per heavy atom. The number of rotatable bonds is 3. The van der Waals surface area contributed by atoms with Crippen LogP contribution < -0.4 is 5.32 Å². The topological polar surface area (TPSA) is 96.9 Å². The molecular weight excluding hydrogens is 321 g/mol. The van der Waals surface area contributed by atoms with Gasteiger partial charge in [0.25, 0.3) is 0 Å². The summed E-state index contributed by atoms with van der Waals surface area (Å²) in [5.74, 6) is -1.22. The van der Waals surface area contributed by atoms with Gasteiger partial charge in [0.05, 0.1) is 10.7 Å². The lowest BCUT2D eigenvalue weighted by molar-refractivity contribution is 0.0698. The molecule has 0 heterocycles. The Hall–Kier alpha value is -2.02. The first-order chi connectivity index (χ1) is 8.51. The third-order valence-electron chi connectivity index (χ3n) is 1.92. The Bertz CT molecular complexity index is 598. The molecule has 0 saturated carbocycles. The van der Waals surface area contributed by atoms with E-state index in [9.17, 15) is 4.79 Å². The van der Waals surface area contributed by atoms with Crippen molar-refractivity contribution in [2.75, 3.05) is 5.32 Å². The van der Waals surface area contributed by atoms with Crippen molar-refractivity contribution < 1.29 is 9.90 Å². The highest BCUT2D eigenvalue weighted by Crippen LogP contribution is 2.31. The molecule has 1 rings (SSSR count). The molecule has 5 nitrogen and oxygen atoms in total. The second-order valence-corrected chi connectivity index (χ2v) is 4.25. The van der Waals surface area contributed by atoms with Gasteiger partial charge in [-0.05, 0) is 28.1 Å². The van der Waals surface area contributed by atoms with Crippen molar-refractivity contribution in [2.24, 2.45) is 0 Å². The van der Waals surface area contributed by atoms with E-state index in [-0.39, 0.29) is 21.8 Å². The zero-order valence-corrected chi connectivity index (χ0v) is 11.1. The Morgan fingerprint density at radius 1 is 1.44 bits per heavy atom. The van der Waals surface area contributed by atoms with Crippen molar-refractivity contribution in [1.82, 2.24) is 0 Å². The van der Waals surface area contributed by atoms with E-state index in [0.29, 0.717) is 4.47 Å². The van der Waals surface area contributed by atoms with Crippen molar-refractivity contribution in [3.05, 3.63) is 39.0 Å². The van der Waals surface area contributed by atoms with E-state index in [0.717, 1.165) is 6.20 Å². The quantitative estimate of drug-likeness (QED) is 0.832. The number of carboxylic acids is 1. The van der Waals surface area contributed by atoms with Gasteiger partial charge in [-0.15, -0.1) is 0 Å². The first-order valence-electron chi connectivity index (χ1n) is 4.49. The minimum Gasteiger partial charge on any atom is -0.478 e. The maximum atomic E-state index is 11.1. The lowest BCUT2D eigenvalue weighted by atomic mass is 10.1. The van der Waals surface area contributed by atoms with Gasteiger partial charge in [-0.2, -0.15) is 10.5 Å². The van der Waals surface area contributed by atoms with Gasteiger partial charge in [-0.25, -0.2) is 4.79 Å². The number of hydrogen-bond donors (Lipinski definition) is 2. The Labute approximate surface area is 116 Å². The van der Waals surface area contributed by atoms with Crippen LogP contribution in [0.25, 0.3) is 0 Å². The van der Waals surface area contributed by atoms with E-state index < -0.39 is 5.97 Å². The van der Waals surface area contributed by atoms with E-state index in [1.165, 1.54) is 6.07 Å². The molecule has 0 saturated heterocycles. The van der Waals surface area contributed by atoms with Gasteiger partial charge in [0.1, 0.15) is 23.3 Å². The molecule has 2 N–H and O–H groups in total. The third kappa shape index (κ3) is 3.01. The summed E-state index contributed by atoms with van der Waals surface area (Å²) in [5, 5.41) is 28.8. The van der Waals surface area contributed by atoms with Crippen LogP contribution >= 0.6 is 27.5 Å². The van der Waals surface area contributed by atoms with Crippen LogP contribution in [0.1, 0.15) is 10.4 Å². The molecule has 0 aliphatic carbocycles. The number of aromatic carboxylic acids is 1. The highest BCUT2D eigenvalue weighted by atomic mass is 79.9. The van der Waals surface area contributed by atoms with Gasteiger partial charge < -0.3 is 10.4 Å². The van der Waals surface area contributed by atoms with Crippen LogP contribution in [-0.4, -0.2) is 11.1 Å². The summed E-state index contributed by atoms with van der Waals surface area (Å²) in [6.45, 7) is 0. The van der Waals surface area contributed by atoms with Crippen LogP contribution in [0, 0.1) is 22.7 Å². The largest absolute Gasteiger partial charge is 0.478 e. The molecule has 1 aromatic carbocycles. The summed E-state index contributed by atoms with van der Waals surface area (Å²) in [6.07, 6.45) is 1.12. The predicted octanol–water partition coefficient (Wildman–Crippen LogP) is 3.14. The predicted molar refractivity (Wildman–Crippen MR) is 69.0 cm³/mol. The highest BCUT2D eigenvalue weighted by Gasteiger charge is 2.16. The van der Waals surface area contributed by atoms with E-state index in [4.69, 9.17) is 27.2 Å². The molecule has 7 heteroatoms. The lowest BCUT2D eigenvalue weighted by Crippen LogP contribution is -2.04. The van der Waals surface area contributed by atoms with Gasteiger partial charge in [0.15, 0.2) is 0 Å². The summed E-state index contributed by atoms with van der Waals surface area (Å²) in [5.41, 5.74) is -0.124. The number of carbonyl (C=O) groups is 1. The fraction of sp³-hybridized carbons (Fsp3) is 0. The Balaban J connectivity index is 3.24. The minimum atomic E-state index is -1.22. The van der Waals surface area contributed by atoms with E-state index in [1.54, 1.807) is 18.2 Å². The summed E-state index contributed by atoms with van der Waals surface area (Å²) in [6, 6.07) is 6.32. The second-order valence-electron chi connectivity index (χ2n) is 3.02. The van der Waals surface area contributed by atoms with Crippen LogP contribution in [0.5, 0.6) is 0 Å². The molecule has 0 amide bonds. The molecule has 0 bridgehead atoms. The standard InChI is InChI=1S/C11H5BrClN3O2/c12-7-1-2-8(9(10(7)13)11(17)18)16-5-6(3-14)4-15/h1-2,5,16H,(H,17,18). The number of nitrogens with zero attached hydrogens (tertiary/aromatic N) is 2. The normalized spacial score (nSPS) is 8.89. The summed E-state index contributed by atoms with van der Waals surface area (Å²) in [4.78, 5) is 11.1. The number of nitriles is 2. The fourth-order valence-electron chi connectivity index (χ4n) is 1.12. The third-order valence-corrected chi connectivity index (χ3v) is 3.20. The molecule has 0 aromatic heterocycles. The molecule has 0 aliphatic rings. The minimum absolute atomic E-state index is 0.0383. The van der Waals surface area contributed by atoms with Crippen LogP contribution in [0.2, 0.25) is 5.02 Å². The monoisotopic (exact) mass is 325 g/mol. The molecule has 0 atom stereocenters. The van der Waals surface area contributed by atoms with E-state index in [2.05, 4.69) is 21.2 Å². The molecule has 0 radical (unpaired) electrons. The van der Waals surface area contributed by atoms with Crippen molar-refractivity contribution in [3.63, 3.8) is 0 Å². The highest BCUT2D eigenvalue weighted by molar-refractivity contribution is 9.10. The zero-order valence-electron chi connectivity index (χ0n) is 8.74. The van der Waals surface area contributed by atoms with Gasteiger partial charge in [0.2, 0.25) is 0 Å². The van der Waals surface area contributed by atoms with Gasteiger partial charge in [0, 0.05) is 10.7 Å². The van der Waals surface area contributed by atoms with Crippen molar-refractivity contribution in [3.8, 4) is 12.1 Å². The van der Waals surface area contributed by atoms with Crippen LogP contribution in [-0.2, 0) is 0 Å². The molecular formula is C11H5BrClN3O2. The summed E-state index contributed by atoms with van der Waals surface area (Å²) in [7, 11) is 0. The average molecular weight is 327 g/mol. The van der Waals surface area contributed by atoms with E-state index >= 15 is 0 Å². The van der Waals surface area contributed by atoms with Crippen molar-refractivity contribution in [1.29, 1.82) is 10.5 Å². The maximum Gasteiger partial charge on any atom is 0.339 e. The van der Waals surface area contributed by atoms with Crippen LogP contribution in [0.3, 0.4) is 0 Å². The second kappa shape index (κ2) is 6.06. The molecule has 0 fully saturated rings. The molecule has 1 aromatic rings. The van der Waals surface area contributed by atoms with Crippen LogP contribution in [0.4, 0.5) is 5.69 Å². The number of hydrogen-bond acceptors (Lipinski definition) is 4. The zero-order chi connectivity index (χ0) is 13.7. The van der Waals surface area contributed by atoms with Crippen molar-refractivity contribution in [2.45, 2.75) is 0 Å². The molecule has 0 unspecified atom stereocenters. The first kappa shape index (κ1) is 14.0. The number of carboxylic acid groups (broad SMARTS) is 1. The van der Waals surface area contributed by atoms with E-state index in [1.807, 2.05) is 0 Å². The number of nitrogens with one attached hydrogen (secondary N) is 1. The van der Waals surface area contributed by atoms with Gasteiger partial charge in [-0.1, -0.05) is 11.6 Å². The SMILES string of the molecule is N#CC(C#N)=CNc1ccc(Br)c(Cl)c1C(=O)O. The number of benzene rings is 1.